The average molecular weight is 302 g/mol. The van der Waals surface area contributed by atoms with Crippen LogP contribution in [0.2, 0.25) is 0 Å². The highest BCUT2D eigenvalue weighted by molar-refractivity contribution is 8.02. The average Bonchev–Trinajstić information content (AvgIpc) is 2.75. The first-order valence-corrected chi connectivity index (χ1v) is 8.00. The minimum atomic E-state index is -0.0396. The van der Waals surface area contributed by atoms with Gasteiger partial charge in [-0.1, -0.05) is 29.5 Å². The van der Waals surface area contributed by atoms with E-state index in [-0.39, 0.29) is 11.2 Å². The number of nitrogens with zero attached hydrogens (tertiary/aromatic N) is 2. The number of carbonyl (C=O) groups excluding carboxylic acids is 1. The second-order valence-electron chi connectivity index (χ2n) is 4.19. The third kappa shape index (κ3) is 4.63. The van der Waals surface area contributed by atoms with Gasteiger partial charge in [0, 0.05) is 20.2 Å². The minimum Gasteiger partial charge on any atom is -0.383 e. The van der Waals surface area contributed by atoms with Crippen molar-refractivity contribution < 1.29 is 9.53 Å². The van der Waals surface area contributed by atoms with Gasteiger partial charge in [-0.15, -0.1) is 10.2 Å². The number of thioether (sulfide) groups is 1. The molecule has 1 saturated heterocycles. The molecule has 2 heterocycles. The van der Waals surface area contributed by atoms with Crippen LogP contribution in [0.1, 0.15) is 19.3 Å². The number of anilines is 1. The molecule has 0 aliphatic carbocycles. The second kappa shape index (κ2) is 7.66. The highest BCUT2D eigenvalue weighted by Crippen LogP contribution is 2.31. The van der Waals surface area contributed by atoms with E-state index in [0.717, 1.165) is 35.3 Å². The Morgan fingerprint density at radius 3 is 3.26 bits per heavy atom. The topological polar surface area (TPSA) is 76.1 Å². The molecule has 0 aromatic carbocycles. The number of methoxy groups -OCH3 is 1. The molecule has 6 nitrogen and oxygen atoms in total. The number of amides is 1. The van der Waals surface area contributed by atoms with E-state index in [1.165, 1.54) is 23.1 Å². The number of hydrogen-bond donors (Lipinski definition) is 2. The molecule has 2 rings (SSSR count). The molecule has 1 fully saturated rings. The van der Waals surface area contributed by atoms with Crippen molar-refractivity contribution in [1.29, 1.82) is 0 Å². The molecule has 0 saturated carbocycles. The number of hydrogen-bond acceptors (Lipinski definition) is 7. The highest BCUT2D eigenvalue weighted by atomic mass is 32.2. The summed E-state index contributed by atoms with van der Waals surface area (Å²) in [5, 5.41) is 14.9. The highest BCUT2D eigenvalue weighted by Gasteiger charge is 2.23. The Morgan fingerprint density at radius 1 is 1.53 bits per heavy atom. The first kappa shape index (κ1) is 14.5. The van der Waals surface area contributed by atoms with Crippen molar-refractivity contribution in [3.8, 4) is 0 Å². The van der Waals surface area contributed by atoms with E-state index in [9.17, 15) is 4.79 Å². The second-order valence-corrected chi connectivity index (χ2v) is 6.61. The molecule has 1 aliphatic heterocycles. The van der Waals surface area contributed by atoms with Gasteiger partial charge in [0.05, 0.1) is 11.9 Å². The van der Waals surface area contributed by atoms with E-state index in [4.69, 9.17) is 4.74 Å². The lowest BCUT2D eigenvalue weighted by molar-refractivity contribution is -0.120. The molecule has 0 bridgehead atoms. The first-order valence-electron chi connectivity index (χ1n) is 6.30. The van der Waals surface area contributed by atoms with Crippen molar-refractivity contribution in [2.75, 3.05) is 32.1 Å². The monoisotopic (exact) mass is 302 g/mol. The largest absolute Gasteiger partial charge is 0.383 e. The Hall–Kier alpha value is -0.860. The molecule has 0 unspecified atom stereocenters. The van der Waals surface area contributed by atoms with E-state index in [1.807, 2.05) is 0 Å². The number of carbonyl (C=O) groups is 1. The van der Waals surface area contributed by atoms with Crippen LogP contribution in [-0.4, -0.2) is 48.2 Å². The van der Waals surface area contributed by atoms with Crippen LogP contribution in [0.5, 0.6) is 0 Å². The van der Waals surface area contributed by atoms with Crippen LogP contribution in [-0.2, 0) is 9.53 Å². The number of rotatable bonds is 6. The Bertz CT molecular complexity index is 413. The molecule has 1 aromatic rings. The van der Waals surface area contributed by atoms with Crippen molar-refractivity contribution in [3.63, 3.8) is 0 Å². The summed E-state index contributed by atoms with van der Waals surface area (Å²) in [5.41, 5.74) is 0. The van der Waals surface area contributed by atoms with Gasteiger partial charge in [-0.3, -0.25) is 4.79 Å². The van der Waals surface area contributed by atoms with Gasteiger partial charge in [0.1, 0.15) is 0 Å². The van der Waals surface area contributed by atoms with Crippen molar-refractivity contribution in [2.45, 2.75) is 28.9 Å². The Kier molecular flexibility index (Phi) is 5.87. The zero-order chi connectivity index (χ0) is 13.5. The predicted octanol–water partition coefficient (Wildman–Crippen LogP) is 1.36. The molecule has 8 heteroatoms. The van der Waals surface area contributed by atoms with Crippen molar-refractivity contribution >= 4 is 34.1 Å². The standard InChI is InChI=1S/C11H18N4O2S2/c1-17-7-6-13-10-14-15-11(19-10)18-8-4-2-3-5-12-9(8)16/h8H,2-7H2,1H3,(H,12,16)(H,13,14)/t8-/m0/s1. The van der Waals surface area contributed by atoms with Crippen LogP contribution in [0.25, 0.3) is 0 Å². The molecule has 1 aliphatic rings. The van der Waals surface area contributed by atoms with Crippen LogP contribution < -0.4 is 10.6 Å². The van der Waals surface area contributed by atoms with Crippen molar-refractivity contribution in [1.82, 2.24) is 15.5 Å². The number of nitrogens with one attached hydrogen (secondary N) is 2. The SMILES string of the molecule is COCCNc1nnc(S[C@H]2CCCCNC2=O)s1. The van der Waals surface area contributed by atoms with Gasteiger partial charge >= 0.3 is 0 Å². The summed E-state index contributed by atoms with van der Waals surface area (Å²) in [7, 11) is 1.66. The fourth-order valence-corrected chi connectivity index (χ4v) is 3.82. The van der Waals surface area contributed by atoms with Gasteiger partial charge in [0.15, 0.2) is 4.34 Å². The van der Waals surface area contributed by atoms with Crippen molar-refractivity contribution in [2.24, 2.45) is 0 Å². The van der Waals surface area contributed by atoms with Gasteiger partial charge in [0.2, 0.25) is 11.0 Å². The van der Waals surface area contributed by atoms with Crippen LogP contribution in [0.3, 0.4) is 0 Å². The first-order chi connectivity index (χ1) is 9.29. The van der Waals surface area contributed by atoms with Gasteiger partial charge in [0.25, 0.3) is 0 Å². The normalized spacial score (nSPS) is 19.8. The zero-order valence-corrected chi connectivity index (χ0v) is 12.5. The molecule has 1 aromatic heterocycles. The minimum absolute atomic E-state index is 0.0396. The third-order valence-corrected chi connectivity index (χ3v) is 4.95. The molecule has 2 N–H and O–H groups in total. The van der Waals surface area contributed by atoms with E-state index in [0.29, 0.717) is 13.2 Å². The quantitative estimate of drug-likeness (QED) is 0.773. The predicted molar refractivity (Wildman–Crippen MR) is 76.8 cm³/mol. The third-order valence-electron chi connectivity index (χ3n) is 2.72. The maximum absolute atomic E-state index is 11.8. The molecule has 1 atom stereocenters. The molecular weight excluding hydrogens is 284 g/mol. The van der Waals surface area contributed by atoms with Gasteiger partial charge in [-0.25, -0.2) is 0 Å². The number of ether oxygens (including phenoxy) is 1. The molecule has 0 spiro atoms. The van der Waals surface area contributed by atoms with E-state index in [2.05, 4.69) is 20.8 Å². The molecule has 106 valence electrons. The molecule has 0 radical (unpaired) electrons. The molecular formula is C11H18N4O2S2. The maximum Gasteiger partial charge on any atom is 0.233 e. The van der Waals surface area contributed by atoms with Crippen LogP contribution in [0.4, 0.5) is 5.13 Å². The Labute approximate surface area is 120 Å². The van der Waals surface area contributed by atoms with Crippen molar-refractivity contribution in [3.05, 3.63) is 0 Å². The summed E-state index contributed by atoms with van der Waals surface area (Å²) in [6.45, 7) is 2.13. The van der Waals surface area contributed by atoms with E-state index in [1.54, 1.807) is 7.11 Å². The van der Waals surface area contributed by atoms with Gasteiger partial charge in [-0.05, 0) is 12.8 Å². The van der Waals surface area contributed by atoms with Crippen LogP contribution in [0.15, 0.2) is 4.34 Å². The summed E-state index contributed by atoms with van der Waals surface area (Å²) in [6, 6.07) is 0. The smallest absolute Gasteiger partial charge is 0.233 e. The summed E-state index contributed by atoms with van der Waals surface area (Å²) < 4.78 is 5.79. The fourth-order valence-electron chi connectivity index (χ4n) is 1.73. The van der Waals surface area contributed by atoms with Gasteiger partial charge < -0.3 is 15.4 Å². The number of aromatic nitrogens is 2. The molecule has 1 amide bonds. The van der Waals surface area contributed by atoms with Gasteiger partial charge in [-0.2, -0.15) is 0 Å². The Morgan fingerprint density at radius 2 is 2.42 bits per heavy atom. The lowest BCUT2D eigenvalue weighted by atomic mass is 10.2. The lowest BCUT2D eigenvalue weighted by Gasteiger charge is -2.09. The maximum atomic E-state index is 11.8. The lowest BCUT2D eigenvalue weighted by Crippen LogP contribution is -2.30. The zero-order valence-electron chi connectivity index (χ0n) is 10.8. The fraction of sp³-hybridized carbons (Fsp3) is 0.727. The summed E-state index contributed by atoms with van der Waals surface area (Å²) in [4.78, 5) is 11.8. The summed E-state index contributed by atoms with van der Waals surface area (Å²) in [6.07, 6.45) is 3.04. The van der Waals surface area contributed by atoms with E-state index >= 15 is 0 Å². The van der Waals surface area contributed by atoms with Crippen LogP contribution in [0, 0.1) is 0 Å². The Balaban J connectivity index is 1.86. The van der Waals surface area contributed by atoms with E-state index < -0.39 is 0 Å². The molecule has 19 heavy (non-hydrogen) atoms. The van der Waals surface area contributed by atoms with Crippen LogP contribution >= 0.6 is 23.1 Å². The summed E-state index contributed by atoms with van der Waals surface area (Å²) >= 11 is 2.99. The summed E-state index contributed by atoms with van der Waals surface area (Å²) in [5.74, 6) is 0.117.